The van der Waals surface area contributed by atoms with Crippen molar-refractivity contribution in [3.63, 3.8) is 0 Å². The minimum atomic E-state index is -1.06. The van der Waals surface area contributed by atoms with Gasteiger partial charge >= 0.3 is 16.8 Å². The second-order valence-electron chi connectivity index (χ2n) is 7.25. The van der Waals surface area contributed by atoms with Crippen LogP contribution in [0.4, 0.5) is 0 Å². The highest BCUT2D eigenvalue weighted by Gasteiger charge is 2.17. The second kappa shape index (κ2) is 11.5. The van der Waals surface area contributed by atoms with Crippen molar-refractivity contribution in [2.45, 2.75) is 25.2 Å². The molecule has 0 radical (unpaired) electrons. The highest BCUT2D eigenvalue weighted by atomic mass is 35.5. The molecule has 1 aromatic heterocycles. The zero-order chi connectivity index (χ0) is 23.8. The highest BCUT2D eigenvalue weighted by molar-refractivity contribution is 7.09. The van der Waals surface area contributed by atoms with Gasteiger partial charge in [-0.05, 0) is 35.4 Å². The van der Waals surface area contributed by atoms with E-state index in [0.29, 0.717) is 22.1 Å². The fourth-order valence-electron chi connectivity index (χ4n) is 3.03. The molecule has 0 saturated heterocycles. The molecule has 3 aromatic rings. The van der Waals surface area contributed by atoms with Crippen LogP contribution in [0.3, 0.4) is 0 Å². The summed E-state index contributed by atoms with van der Waals surface area (Å²) in [7, 11) is 0. The first kappa shape index (κ1) is 24.3. The Kier molecular flexibility index (Phi) is 8.51. The molecule has 1 heterocycles. The number of aromatic hydroxyl groups is 1. The van der Waals surface area contributed by atoms with Crippen LogP contribution >= 0.6 is 22.9 Å². The van der Waals surface area contributed by atoms with Crippen molar-refractivity contribution in [3.8, 4) is 11.6 Å². The lowest BCUT2D eigenvalue weighted by Crippen LogP contribution is -2.19. The minimum Gasteiger partial charge on any atom is -0.494 e. The molecule has 0 spiro atoms. The fraction of sp³-hybridized carbons (Fsp3) is 0.261. The number of thiazole rings is 1. The lowest BCUT2D eigenvalue weighted by molar-refractivity contribution is -0.148. The van der Waals surface area contributed by atoms with Crippen LogP contribution in [0.25, 0.3) is 0 Å². The zero-order valence-electron chi connectivity index (χ0n) is 17.5. The summed E-state index contributed by atoms with van der Waals surface area (Å²) in [6.45, 7) is 0.217. The summed E-state index contributed by atoms with van der Waals surface area (Å²) >= 11 is 7.06. The summed E-state index contributed by atoms with van der Waals surface area (Å²) in [6, 6.07) is 14.3. The van der Waals surface area contributed by atoms with Crippen molar-refractivity contribution in [1.29, 1.82) is 0 Å². The van der Waals surface area contributed by atoms with E-state index < -0.39 is 11.9 Å². The molecule has 8 nitrogen and oxygen atoms in total. The first-order valence-electron chi connectivity index (χ1n) is 10.1. The first-order valence-corrected chi connectivity index (χ1v) is 11.2. The summed E-state index contributed by atoms with van der Waals surface area (Å²) in [5.41, 5.74) is 1.72. The third-order valence-electron chi connectivity index (χ3n) is 4.75. The number of benzene rings is 2. The monoisotopic (exact) mass is 491 g/mol. The number of carbonyl (C=O) groups is 2. The zero-order valence-corrected chi connectivity index (χ0v) is 19.0. The van der Waals surface area contributed by atoms with Gasteiger partial charge in [0.1, 0.15) is 12.4 Å². The average Bonchev–Trinajstić information content (AvgIpc) is 3.09. The second-order valence-corrected chi connectivity index (χ2v) is 8.75. The molecule has 0 aliphatic carbocycles. The van der Waals surface area contributed by atoms with Gasteiger partial charge in [0.05, 0.1) is 30.2 Å². The van der Waals surface area contributed by atoms with Crippen LogP contribution < -0.4 is 9.61 Å². The maximum atomic E-state index is 11.8. The Morgan fingerprint density at radius 2 is 1.85 bits per heavy atom. The van der Waals surface area contributed by atoms with E-state index in [1.807, 2.05) is 18.2 Å². The van der Waals surface area contributed by atoms with E-state index in [4.69, 9.17) is 26.2 Å². The number of carbonyl (C=O) groups excluding carboxylic acids is 1. The van der Waals surface area contributed by atoms with Crippen molar-refractivity contribution in [2.24, 2.45) is 0 Å². The van der Waals surface area contributed by atoms with Crippen molar-refractivity contribution in [2.75, 3.05) is 13.2 Å². The normalized spacial score (nSPS) is 11.7. The number of aromatic nitrogens is 1. The van der Waals surface area contributed by atoms with Crippen LogP contribution in [0.2, 0.25) is 5.02 Å². The molecule has 2 aromatic carbocycles. The Bertz CT molecular complexity index is 1160. The number of hydrogen-bond donors (Lipinski definition) is 3. The molecule has 1 atom stereocenters. The molecule has 10 heteroatoms. The SMILES string of the molecule is O=C(O)CCC(=O)OCC(COc1ccc(Cc2sc(=O)[nH]c2O)cc1)c1cccc(Cl)c1. The summed E-state index contributed by atoms with van der Waals surface area (Å²) in [4.78, 5) is 36.4. The number of halogens is 1. The molecular weight excluding hydrogens is 470 g/mol. The number of nitrogens with one attached hydrogen (secondary N) is 1. The molecule has 0 aliphatic heterocycles. The smallest absolute Gasteiger partial charge is 0.307 e. The summed E-state index contributed by atoms with van der Waals surface area (Å²) in [6.07, 6.45) is -0.0841. The number of rotatable bonds is 11. The standard InChI is InChI=1S/C23H22ClNO7S/c24-17-3-1-2-15(11-17)16(13-32-21(28)9-8-20(26)27)12-31-18-6-4-14(5-7-18)10-19-22(29)25-23(30)33-19/h1-7,11,16,29H,8-10,12-13H2,(H,25,30)(H,26,27). The van der Waals surface area contributed by atoms with Gasteiger partial charge in [0.2, 0.25) is 5.88 Å². The number of carboxylic acids is 1. The predicted molar refractivity (Wildman–Crippen MR) is 123 cm³/mol. The molecule has 33 heavy (non-hydrogen) atoms. The number of ether oxygens (including phenoxy) is 2. The maximum Gasteiger partial charge on any atom is 0.307 e. The third kappa shape index (κ3) is 7.65. The van der Waals surface area contributed by atoms with Gasteiger partial charge in [-0.2, -0.15) is 0 Å². The molecule has 3 N–H and O–H groups in total. The van der Waals surface area contributed by atoms with E-state index in [-0.39, 0.29) is 42.7 Å². The molecule has 174 valence electrons. The fourth-order valence-corrected chi connectivity index (χ4v) is 3.99. The summed E-state index contributed by atoms with van der Waals surface area (Å²) in [5, 5.41) is 19.0. The van der Waals surface area contributed by atoms with Gasteiger partial charge < -0.3 is 19.7 Å². The Balaban J connectivity index is 1.62. The van der Waals surface area contributed by atoms with Gasteiger partial charge in [0.15, 0.2) is 0 Å². The van der Waals surface area contributed by atoms with Crippen LogP contribution in [0.5, 0.6) is 11.6 Å². The van der Waals surface area contributed by atoms with Gasteiger partial charge in [-0.25, -0.2) is 0 Å². The van der Waals surface area contributed by atoms with E-state index in [9.17, 15) is 19.5 Å². The van der Waals surface area contributed by atoms with E-state index in [1.54, 1.807) is 30.3 Å². The van der Waals surface area contributed by atoms with E-state index in [2.05, 4.69) is 4.98 Å². The maximum absolute atomic E-state index is 11.8. The van der Waals surface area contributed by atoms with Crippen molar-refractivity contribution < 1.29 is 29.3 Å². The number of carboxylic acid groups (broad SMARTS) is 1. The van der Waals surface area contributed by atoms with Crippen LogP contribution in [0.15, 0.2) is 53.3 Å². The van der Waals surface area contributed by atoms with Crippen molar-refractivity contribution in [3.05, 3.63) is 79.2 Å². The summed E-state index contributed by atoms with van der Waals surface area (Å²) in [5.74, 6) is -1.50. The van der Waals surface area contributed by atoms with Gasteiger partial charge in [-0.1, -0.05) is 47.2 Å². The number of esters is 1. The number of H-pyrrole nitrogens is 1. The molecule has 0 bridgehead atoms. The largest absolute Gasteiger partial charge is 0.494 e. The lowest BCUT2D eigenvalue weighted by Gasteiger charge is -2.19. The van der Waals surface area contributed by atoms with Gasteiger partial charge in [-0.3, -0.25) is 19.4 Å². The molecular formula is C23H22ClNO7S. The molecule has 0 aliphatic rings. The van der Waals surface area contributed by atoms with Crippen molar-refractivity contribution in [1.82, 2.24) is 4.98 Å². The number of aromatic amines is 1. The molecule has 3 rings (SSSR count). The molecule has 0 saturated carbocycles. The minimum absolute atomic E-state index is 0.0164. The molecule has 1 unspecified atom stereocenters. The molecule has 0 fully saturated rings. The van der Waals surface area contributed by atoms with Gasteiger partial charge in [0, 0.05) is 11.4 Å². The number of hydrogen-bond acceptors (Lipinski definition) is 7. The Morgan fingerprint density at radius 1 is 1.09 bits per heavy atom. The molecule has 0 amide bonds. The number of aliphatic carboxylic acids is 1. The van der Waals surface area contributed by atoms with Crippen LogP contribution in [-0.2, 0) is 20.7 Å². The van der Waals surface area contributed by atoms with Gasteiger partial charge in [0.25, 0.3) is 0 Å². The quantitative estimate of drug-likeness (QED) is 0.346. The lowest BCUT2D eigenvalue weighted by atomic mass is 10.0. The van der Waals surface area contributed by atoms with E-state index in [1.165, 1.54) is 0 Å². The Hall–Kier alpha value is -3.30. The Morgan fingerprint density at radius 3 is 2.48 bits per heavy atom. The van der Waals surface area contributed by atoms with E-state index in [0.717, 1.165) is 22.5 Å². The summed E-state index contributed by atoms with van der Waals surface area (Å²) < 4.78 is 11.2. The van der Waals surface area contributed by atoms with Gasteiger partial charge in [-0.15, -0.1) is 0 Å². The van der Waals surface area contributed by atoms with Crippen LogP contribution in [0.1, 0.15) is 34.8 Å². The highest BCUT2D eigenvalue weighted by Crippen LogP contribution is 2.24. The van der Waals surface area contributed by atoms with Crippen molar-refractivity contribution >= 4 is 34.9 Å². The van der Waals surface area contributed by atoms with E-state index >= 15 is 0 Å². The Labute approximate surface area is 198 Å². The predicted octanol–water partition coefficient (Wildman–Crippen LogP) is 3.96. The first-order chi connectivity index (χ1) is 15.8. The average molecular weight is 492 g/mol. The third-order valence-corrected chi connectivity index (χ3v) is 5.85. The van der Waals surface area contributed by atoms with Crippen LogP contribution in [-0.4, -0.2) is 40.3 Å². The topological polar surface area (TPSA) is 126 Å². The van der Waals surface area contributed by atoms with Crippen LogP contribution in [0, 0.1) is 0 Å².